The van der Waals surface area contributed by atoms with Crippen LogP contribution in [0.25, 0.3) is 0 Å². The molecule has 1 aromatic rings. The van der Waals surface area contributed by atoms with Gasteiger partial charge in [0.15, 0.2) is 5.11 Å². The highest BCUT2D eigenvalue weighted by molar-refractivity contribution is 7.80. The van der Waals surface area contributed by atoms with Gasteiger partial charge in [0.2, 0.25) is 0 Å². The molecule has 0 saturated heterocycles. The average Bonchev–Trinajstić information content (AvgIpc) is 2.62. The van der Waals surface area contributed by atoms with Crippen LogP contribution in [0.2, 0.25) is 0 Å². The third-order valence-electron chi connectivity index (χ3n) is 4.55. The summed E-state index contributed by atoms with van der Waals surface area (Å²) in [7, 11) is 0. The lowest BCUT2D eigenvalue weighted by Gasteiger charge is -2.24. The van der Waals surface area contributed by atoms with E-state index in [1.165, 1.54) is 32.1 Å². The summed E-state index contributed by atoms with van der Waals surface area (Å²) in [6.07, 6.45) is 10.6. The average molecular weight is 363 g/mol. The zero-order chi connectivity index (χ0) is 17.9. The predicted molar refractivity (Wildman–Crippen MR) is 106 cm³/mol. The van der Waals surface area contributed by atoms with Crippen molar-refractivity contribution in [3.63, 3.8) is 0 Å². The Labute approximate surface area is 156 Å². The van der Waals surface area contributed by atoms with E-state index in [0.29, 0.717) is 29.1 Å². The molecule has 1 aliphatic rings. The summed E-state index contributed by atoms with van der Waals surface area (Å²) in [5, 5.41) is 6.47. The minimum absolute atomic E-state index is 0.211. The Morgan fingerprint density at radius 3 is 2.68 bits per heavy atom. The maximum absolute atomic E-state index is 12.5. The zero-order valence-electron chi connectivity index (χ0n) is 15.2. The summed E-state index contributed by atoms with van der Waals surface area (Å²) in [5.74, 6) is 0.412. The number of ether oxygens (including phenoxy) is 1. The number of unbranched alkanes of at least 4 members (excludes halogenated alkanes) is 3. The summed E-state index contributed by atoms with van der Waals surface area (Å²) < 4.78 is 5.81. The number of hydrogen-bond acceptors (Lipinski definition) is 3. The quantitative estimate of drug-likeness (QED) is 0.525. The van der Waals surface area contributed by atoms with E-state index in [4.69, 9.17) is 17.0 Å². The molecule has 138 valence electrons. The lowest BCUT2D eigenvalue weighted by molar-refractivity contribution is 0.0972. The molecule has 0 aliphatic heterocycles. The summed E-state index contributed by atoms with van der Waals surface area (Å²) >= 11 is 5.31. The van der Waals surface area contributed by atoms with Crippen LogP contribution in [0.5, 0.6) is 5.75 Å². The van der Waals surface area contributed by atoms with Crippen LogP contribution >= 0.6 is 12.2 Å². The maximum Gasteiger partial charge on any atom is 0.261 e. The second-order valence-corrected chi connectivity index (χ2v) is 7.08. The number of carbonyl (C=O) groups excluding carboxylic acids is 1. The second kappa shape index (κ2) is 11.1. The molecule has 4 nitrogen and oxygen atoms in total. The van der Waals surface area contributed by atoms with E-state index < -0.39 is 0 Å². The van der Waals surface area contributed by atoms with Crippen LogP contribution in [-0.4, -0.2) is 23.7 Å². The third kappa shape index (κ3) is 7.02. The van der Waals surface area contributed by atoms with Gasteiger partial charge in [-0.2, -0.15) is 0 Å². The van der Waals surface area contributed by atoms with Crippen molar-refractivity contribution >= 4 is 23.2 Å². The van der Waals surface area contributed by atoms with Crippen molar-refractivity contribution in [2.75, 3.05) is 6.61 Å². The Balaban J connectivity index is 1.84. The minimum Gasteiger partial charge on any atom is -0.493 e. The van der Waals surface area contributed by atoms with Gasteiger partial charge in [-0.25, -0.2) is 0 Å². The van der Waals surface area contributed by atoms with Gasteiger partial charge in [-0.3, -0.25) is 10.1 Å². The van der Waals surface area contributed by atoms with Crippen LogP contribution in [0.1, 0.15) is 75.1 Å². The molecule has 0 radical (unpaired) electrons. The van der Waals surface area contributed by atoms with Gasteiger partial charge in [-0.05, 0) is 43.6 Å². The molecule has 0 bridgehead atoms. The smallest absolute Gasteiger partial charge is 0.261 e. The van der Waals surface area contributed by atoms with Crippen molar-refractivity contribution in [2.45, 2.75) is 70.8 Å². The molecule has 25 heavy (non-hydrogen) atoms. The van der Waals surface area contributed by atoms with Crippen molar-refractivity contribution in [1.82, 2.24) is 10.6 Å². The molecule has 0 aromatic heterocycles. The lowest BCUT2D eigenvalue weighted by Crippen LogP contribution is -2.45. The van der Waals surface area contributed by atoms with Gasteiger partial charge < -0.3 is 10.1 Å². The van der Waals surface area contributed by atoms with Gasteiger partial charge in [0.05, 0.1) is 12.2 Å². The molecule has 0 atom stereocenters. The molecule has 1 saturated carbocycles. The van der Waals surface area contributed by atoms with E-state index in [-0.39, 0.29) is 5.91 Å². The number of para-hydroxylation sites is 1. The van der Waals surface area contributed by atoms with E-state index in [0.717, 1.165) is 25.7 Å². The molecule has 2 N–H and O–H groups in total. The highest BCUT2D eigenvalue weighted by Crippen LogP contribution is 2.19. The monoisotopic (exact) mass is 362 g/mol. The predicted octanol–water partition coefficient (Wildman–Crippen LogP) is 4.58. The molecule has 1 aromatic carbocycles. The summed E-state index contributed by atoms with van der Waals surface area (Å²) in [6, 6.07) is 7.73. The van der Waals surface area contributed by atoms with E-state index >= 15 is 0 Å². The number of hydrogen-bond donors (Lipinski definition) is 2. The standard InChI is InChI=1S/C20H30N2O2S/c1-2-3-4-10-15-24-18-14-9-8-13-17(18)19(23)22-20(25)21-16-11-6-5-7-12-16/h8-9,13-14,16H,2-7,10-12,15H2,1H3,(H2,21,22,23,25). The summed E-state index contributed by atoms with van der Waals surface area (Å²) in [5.41, 5.74) is 0.533. The number of thiocarbonyl (C=S) groups is 1. The molecule has 5 heteroatoms. The summed E-state index contributed by atoms with van der Waals surface area (Å²) in [4.78, 5) is 12.5. The van der Waals surface area contributed by atoms with Gasteiger partial charge in [-0.15, -0.1) is 0 Å². The normalized spacial score (nSPS) is 14.8. The Morgan fingerprint density at radius 1 is 1.16 bits per heavy atom. The molecule has 2 rings (SSSR count). The van der Waals surface area contributed by atoms with Crippen LogP contribution in [0.4, 0.5) is 0 Å². The Kier molecular flexibility index (Phi) is 8.73. The van der Waals surface area contributed by atoms with E-state index in [1.54, 1.807) is 6.07 Å². The molecular formula is C20H30N2O2S. The number of amides is 1. The zero-order valence-corrected chi connectivity index (χ0v) is 16.0. The number of benzene rings is 1. The van der Waals surface area contributed by atoms with Crippen LogP contribution in [-0.2, 0) is 0 Å². The van der Waals surface area contributed by atoms with Crippen molar-refractivity contribution in [2.24, 2.45) is 0 Å². The van der Waals surface area contributed by atoms with Crippen LogP contribution in [0, 0.1) is 0 Å². The molecule has 0 spiro atoms. The van der Waals surface area contributed by atoms with Crippen LogP contribution < -0.4 is 15.4 Å². The molecular weight excluding hydrogens is 332 g/mol. The first kappa shape index (κ1) is 19.7. The Hall–Kier alpha value is -1.62. The summed E-state index contributed by atoms with van der Waals surface area (Å²) in [6.45, 7) is 2.82. The lowest BCUT2D eigenvalue weighted by atomic mass is 9.96. The fourth-order valence-corrected chi connectivity index (χ4v) is 3.39. The minimum atomic E-state index is -0.211. The van der Waals surface area contributed by atoms with Gasteiger partial charge >= 0.3 is 0 Å². The third-order valence-corrected chi connectivity index (χ3v) is 4.77. The van der Waals surface area contributed by atoms with Crippen LogP contribution in [0.3, 0.4) is 0 Å². The SMILES string of the molecule is CCCCCCOc1ccccc1C(=O)NC(=S)NC1CCCCC1. The molecule has 0 unspecified atom stereocenters. The van der Waals surface area contributed by atoms with E-state index in [1.807, 2.05) is 18.2 Å². The number of rotatable bonds is 8. The van der Waals surface area contributed by atoms with Crippen molar-refractivity contribution < 1.29 is 9.53 Å². The molecule has 0 heterocycles. The van der Waals surface area contributed by atoms with Gasteiger partial charge in [0.25, 0.3) is 5.91 Å². The number of carbonyl (C=O) groups is 1. The van der Waals surface area contributed by atoms with Crippen molar-refractivity contribution in [3.05, 3.63) is 29.8 Å². The van der Waals surface area contributed by atoms with Crippen molar-refractivity contribution in [1.29, 1.82) is 0 Å². The largest absolute Gasteiger partial charge is 0.493 e. The van der Waals surface area contributed by atoms with Crippen molar-refractivity contribution in [3.8, 4) is 5.75 Å². The first-order chi connectivity index (χ1) is 12.2. The second-order valence-electron chi connectivity index (χ2n) is 6.67. The van der Waals surface area contributed by atoms with Gasteiger partial charge in [0.1, 0.15) is 5.75 Å². The molecule has 1 fully saturated rings. The van der Waals surface area contributed by atoms with Gasteiger partial charge in [0, 0.05) is 6.04 Å². The number of nitrogens with one attached hydrogen (secondary N) is 2. The van der Waals surface area contributed by atoms with E-state index in [2.05, 4.69) is 17.6 Å². The van der Waals surface area contributed by atoms with Gasteiger partial charge in [-0.1, -0.05) is 57.6 Å². The highest BCUT2D eigenvalue weighted by Gasteiger charge is 2.17. The first-order valence-corrected chi connectivity index (χ1v) is 9.95. The Bertz CT molecular complexity index is 556. The highest BCUT2D eigenvalue weighted by atomic mass is 32.1. The fraction of sp³-hybridized carbons (Fsp3) is 0.600. The molecule has 1 aliphatic carbocycles. The first-order valence-electron chi connectivity index (χ1n) is 9.54. The molecule has 1 amide bonds. The Morgan fingerprint density at radius 2 is 1.92 bits per heavy atom. The topological polar surface area (TPSA) is 50.4 Å². The van der Waals surface area contributed by atoms with Crippen LogP contribution in [0.15, 0.2) is 24.3 Å². The fourth-order valence-electron chi connectivity index (χ4n) is 3.13. The maximum atomic E-state index is 12.5. The van der Waals surface area contributed by atoms with E-state index in [9.17, 15) is 4.79 Å².